The number of nitrogens with zero attached hydrogens (tertiary/aromatic N) is 3. The highest BCUT2D eigenvalue weighted by atomic mass is 32.1. The molecule has 168 valence electrons. The van der Waals surface area contributed by atoms with E-state index in [0.717, 1.165) is 22.5 Å². The average molecular weight is 459 g/mol. The maximum Gasteiger partial charge on any atom is 0.216 e. The van der Waals surface area contributed by atoms with E-state index >= 15 is 0 Å². The molecular weight excluding hydrogens is 432 g/mol. The molecule has 0 unspecified atom stereocenters. The first-order chi connectivity index (χ1) is 16.1. The van der Waals surface area contributed by atoms with Crippen molar-refractivity contribution in [2.45, 2.75) is 26.9 Å². The number of H-pyrrole nitrogens is 1. The van der Waals surface area contributed by atoms with Crippen molar-refractivity contribution in [3.05, 3.63) is 106 Å². The van der Waals surface area contributed by atoms with Crippen molar-refractivity contribution in [3.8, 4) is 11.5 Å². The predicted molar refractivity (Wildman–Crippen MR) is 133 cm³/mol. The van der Waals surface area contributed by atoms with Crippen LogP contribution in [0.15, 0.2) is 77.9 Å². The van der Waals surface area contributed by atoms with Gasteiger partial charge in [0.15, 0.2) is 17.3 Å². The van der Waals surface area contributed by atoms with E-state index < -0.39 is 0 Å². The molecule has 6 nitrogen and oxygen atoms in total. The summed E-state index contributed by atoms with van der Waals surface area (Å²) in [5.41, 5.74) is 4.34. The topological polar surface area (TPSA) is 64.4 Å². The van der Waals surface area contributed by atoms with Crippen LogP contribution in [0, 0.1) is 11.7 Å². The van der Waals surface area contributed by atoms with Crippen LogP contribution in [-0.2, 0) is 13.0 Å². The Morgan fingerprint density at radius 2 is 1.76 bits per heavy atom. The third-order valence-corrected chi connectivity index (χ3v) is 5.29. The van der Waals surface area contributed by atoms with Gasteiger partial charge < -0.3 is 9.47 Å². The summed E-state index contributed by atoms with van der Waals surface area (Å²) in [7, 11) is 0. The molecule has 0 atom stereocenters. The van der Waals surface area contributed by atoms with E-state index in [1.807, 2.05) is 43.3 Å². The molecule has 1 heterocycles. The summed E-state index contributed by atoms with van der Waals surface area (Å²) in [5, 5.41) is 11.7. The Hall–Kier alpha value is -3.71. The molecule has 7 heteroatoms. The predicted octanol–water partition coefficient (Wildman–Crippen LogP) is 5.70. The van der Waals surface area contributed by atoms with Gasteiger partial charge in [-0.15, -0.1) is 0 Å². The first kappa shape index (κ1) is 22.5. The molecule has 4 rings (SSSR count). The van der Waals surface area contributed by atoms with E-state index in [9.17, 15) is 0 Å². The molecule has 0 spiro atoms. The Kier molecular flexibility index (Phi) is 7.32. The lowest BCUT2D eigenvalue weighted by atomic mass is 10.1. The number of rotatable bonds is 9. The monoisotopic (exact) mass is 458 g/mol. The Morgan fingerprint density at radius 3 is 2.52 bits per heavy atom. The fourth-order valence-corrected chi connectivity index (χ4v) is 3.50. The summed E-state index contributed by atoms with van der Waals surface area (Å²) in [6.07, 6.45) is 2.37. The van der Waals surface area contributed by atoms with Crippen molar-refractivity contribution in [1.82, 2.24) is 14.9 Å². The van der Waals surface area contributed by atoms with E-state index in [1.165, 1.54) is 5.56 Å². The van der Waals surface area contributed by atoms with E-state index in [1.54, 1.807) is 10.9 Å². The molecule has 3 aromatic carbocycles. The number of aryl methyl sites for hydroxylation is 1. The zero-order valence-corrected chi connectivity index (χ0v) is 19.5. The Labute approximate surface area is 198 Å². The number of aromatic nitrogens is 3. The molecule has 1 aromatic heterocycles. The molecule has 4 aromatic rings. The van der Waals surface area contributed by atoms with Gasteiger partial charge in [-0.3, -0.25) is 5.10 Å². The second-order valence-electron chi connectivity index (χ2n) is 7.58. The number of aromatic amines is 1. The van der Waals surface area contributed by atoms with Crippen molar-refractivity contribution in [2.75, 3.05) is 6.61 Å². The second-order valence-corrected chi connectivity index (χ2v) is 7.96. The zero-order chi connectivity index (χ0) is 23.0. The minimum Gasteiger partial charge on any atom is -0.490 e. The standard InChI is InChI=1S/C26H26N4O2S/c1-3-31-24-15-22(13-14-23(24)32-18-21-11-9-19(2)10-12-21)17-27-30-25(28-29-26(30)33)16-20-7-5-4-6-8-20/h4-15,17H,3,16,18H2,1-2H3,(H,29,33)/b27-17-. The number of benzene rings is 3. The Bertz CT molecular complexity index is 1280. The van der Waals surface area contributed by atoms with Crippen LogP contribution in [0.4, 0.5) is 0 Å². The van der Waals surface area contributed by atoms with Crippen LogP contribution in [0.25, 0.3) is 0 Å². The summed E-state index contributed by atoms with van der Waals surface area (Å²) in [6, 6.07) is 24.1. The smallest absolute Gasteiger partial charge is 0.216 e. The van der Waals surface area contributed by atoms with Crippen LogP contribution in [-0.4, -0.2) is 27.7 Å². The first-order valence-electron chi connectivity index (χ1n) is 10.8. The first-order valence-corrected chi connectivity index (χ1v) is 11.2. The quantitative estimate of drug-likeness (QED) is 0.258. The lowest BCUT2D eigenvalue weighted by Crippen LogP contribution is -2.02. The normalized spacial score (nSPS) is 11.1. The number of hydrogen-bond acceptors (Lipinski definition) is 5. The van der Waals surface area contributed by atoms with Crippen molar-refractivity contribution in [1.29, 1.82) is 0 Å². The van der Waals surface area contributed by atoms with Gasteiger partial charge in [-0.2, -0.15) is 14.9 Å². The van der Waals surface area contributed by atoms with Crippen molar-refractivity contribution < 1.29 is 9.47 Å². The van der Waals surface area contributed by atoms with E-state index in [0.29, 0.717) is 35.9 Å². The van der Waals surface area contributed by atoms with E-state index in [-0.39, 0.29) is 0 Å². The summed E-state index contributed by atoms with van der Waals surface area (Å²) in [4.78, 5) is 0. The van der Waals surface area contributed by atoms with Crippen LogP contribution in [0.2, 0.25) is 0 Å². The summed E-state index contributed by atoms with van der Waals surface area (Å²) in [5.74, 6) is 2.11. The molecule has 0 aliphatic heterocycles. The zero-order valence-electron chi connectivity index (χ0n) is 18.7. The molecule has 0 saturated carbocycles. The molecule has 0 saturated heterocycles. The van der Waals surface area contributed by atoms with Gasteiger partial charge in [0.25, 0.3) is 0 Å². The molecule has 1 N–H and O–H groups in total. The van der Waals surface area contributed by atoms with E-state index in [4.69, 9.17) is 21.7 Å². The minimum atomic E-state index is 0.445. The molecule has 33 heavy (non-hydrogen) atoms. The molecule has 0 bridgehead atoms. The van der Waals surface area contributed by atoms with Gasteiger partial charge in [-0.25, -0.2) is 0 Å². The molecule has 0 aliphatic carbocycles. The van der Waals surface area contributed by atoms with E-state index in [2.05, 4.69) is 58.6 Å². The van der Waals surface area contributed by atoms with Crippen LogP contribution >= 0.6 is 12.2 Å². The molecular formula is C26H26N4O2S. The second kappa shape index (κ2) is 10.7. The summed E-state index contributed by atoms with van der Waals surface area (Å²) < 4.78 is 13.9. The number of ether oxygens (including phenoxy) is 2. The maximum absolute atomic E-state index is 6.02. The summed E-state index contributed by atoms with van der Waals surface area (Å²) in [6.45, 7) is 5.03. The van der Waals surface area contributed by atoms with Crippen molar-refractivity contribution >= 4 is 18.4 Å². The molecule has 0 radical (unpaired) electrons. The summed E-state index contributed by atoms with van der Waals surface area (Å²) >= 11 is 5.37. The van der Waals surface area contributed by atoms with Crippen LogP contribution < -0.4 is 9.47 Å². The van der Waals surface area contributed by atoms with Gasteiger partial charge in [0, 0.05) is 6.42 Å². The number of nitrogens with one attached hydrogen (secondary N) is 1. The van der Waals surface area contributed by atoms with Crippen molar-refractivity contribution in [3.63, 3.8) is 0 Å². The Balaban J connectivity index is 1.51. The third kappa shape index (κ3) is 5.96. The SMILES string of the molecule is CCOc1cc(/C=N\n2c(Cc3ccccc3)n[nH]c2=S)ccc1OCc1ccc(C)cc1. The maximum atomic E-state index is 6.02. The van der Waals surface area contributed by atoms with Gasteiger partial charge in [-0.05, 0) is 61.0 Å². The molecule has 0 aliphatic rings. The number of hydrogen-bond donors (Lipinski definition) is 1. The average Bonchev–Trinajstić information content (AvgIpc) is 3.18. The lowest BCUT2D eigenvalue weighted by molar-refractivity contribution is 0.269. The third-order valence-electron chi connectivity index (χ3n) is 5.03. The molecule has 0 fully saturated rings. The van der Waals surface area contributed by atoms with Gasteiger partial charge in [-0.1, -0.05) is 60.2 Å². The minimum absolute atomic E-state index is 0.445. The van der Waals surface area contributed by atoms with Crippen LogP contribution in [0.5, 0.6) is 11.5 Å². The highest BCUT2D eigenvalue weighted by molar-refractivity contribution is 7.71. The highest BCUT2D eigenvalue weighted by Gasteiger charge is 2.09. The fourth-order valence-electron chi connectivity index (χ4n) is 3.30. The Morgan fingerprint density at radius 1 is 0.970 bits per heavy atom. The fraction of sp³-hybridized carbons (Fsp3) is 0.192. The van der Waals surface area contributed by atoms with Gasteiger partial charge in [0.1, 0.15) is 6.61 Å². The van der Waals surface area contributed by atoms with Crippen LogP contribution in [0.3, 0.4) is 0 Å². The largest absolute Gasteiger partial charge is 0.490 e. The van der Waals surface area contributed by atoms with Gasteiger partial charge in [0.2, 0.25) is 4.77 Å². The molecule has 0 amide bonds. The van der Waals surface area contributed by atoms with Crippen LogP contribution in [0.1, 0.15) is 35.0 Å². The van der Waals surface area contributed by atoms with Crippen molar-refractivity contribution in [2.24, 2.45) is 5.10 Å². The lowest BCUT2D eigenvalue weighted by Gasteiger charge is -2.13. The van der Waals surface area contributed by atoms with Gasteiger partial charge in [0.05, 0.1) is 12.8 Å². The highest BCUT2D eigenvalue weighted by Crippen LogP contribution is 2.29. The van der Waals surface area contributed by atoms with Gasteiger partial charge >= 0.3 is 0 Å².